The quantitative estimate of drug-likeness (QED) is 0.498. The Morgan fingerprint density at radius 3 is 2.68 bits per heavy atom. The van der Waals surface area contributed by atoms with Crippen LogP contribution in [0, 0.1) is 5.92 Å². The van der Waals surface area contributed by atoms with Crippen LogP contribution >= 0.6 is 0 Å². The molecule has 0 aliphatic rings. The molecule has 1 atom stereocenters. The molecule has 3 N–H and O–H groups in total. The van der Waals surface area contributed by atoms with Crippen LogP contribution in [0.5, 0.6) is 0 Å². The lowest BCUT2D eigenvalue weighted by Crippen LogP contribution is -2.41. The molecule has 4 rings (SSSR count). The normalized spacial score (nSPS) is 12.6. The van der Waals surface area contributed by atoms with Gasteiger partial charge in [-0.25, -0.2) is 4.98 Å². The molecule has 1 amide bonds. The largest absolute Gasteiger partial charge is 0.394 e. The van der Waals surface area contributed by atoms with Gasteiger partial charge in [-0.15, -0.1) is 0 Å². The Labute approximate surface area is 162 Å². The van der Waals surface area contributed by atoms with Gasteiger partial charge in [-0.05, 0) is 28.8 Å². The van der Waals surface area contributed by atoms with E-state index in [4.69, 9.17) is 0 Å². The molecular weight excluding hydrogens is 352 g/mol. The molecule has 0 saturated carbocycles. The number of H-pyrrole nitrogens is 1. The number of hydrogen-bond donors (Lipinski definition) is 3. The number of amides is 1. The summed E-state index contributed by atoms with van der Waals surface area (Å²) in [6.07, 6.45) is 1.62. The van der Waals surface area contributed by atoms with Gasteiger partial charge in [-0.1, -0.05) is 50.2 Å². The number of rotatable bonds is 5. The number of hydrogen-bond acceptors (Lipinski definition) is 4. The van der Waals surface area contributed by atoms with E-state index in [0.29, 0.717) is 5.69 Å². The van der Waals surface area contributed by atoms with Crippen molar-refractivity contribution in [3.63, 3.8) is 0 Å². The number of aromatic amines is 1. The van der Waals surface area contributed by atoms with Crippen molar-refractivity contribution in [1.82, 2.24) is 20.5 Å². The number of benzene rings is 2. The molecule has 0 radical (unpaired) electrons. The van der Waals surface area contributed by atoms with E-state index in [2.05, 4.69) is 44.8 Å². The topological polar surface area (TPSA) is 90.9 Å². The van der Waals surface area contributed by atoms with Gasteiger partial charge in [-0.3, -0.25) is 9.89 Å². The lowest BCUT2D eigenvalue weighted by atomic mass is 10.0. The fraction of sp³-hybridized carbons (Fsp3) is 0.227. The first-order valence-corrected chi connectivity index (χ1v) is 9.32. The second kappa shape index (κ2) is 7.40. The van der Waals surface area contributed by atoms with Gasteiger partial charge < -0.3 is 10.4 Å². The van der Waals surface area contributed by atoms with Gasteiger partial charge in [-0.2, -0.15) is 5.10 Å². The number of fused-ring (bicyclic) bond motifs is 2. The Bertz CT molecular complexity index is 1150. The molecule has 6 nitrogen and oxygen atoms in total. The standard InChI is InChI=1S/C22H22N4O2/c1-13(2)20(12-27)24-22(28)18-10-17-19(11-23-18)25-26-21(17)16-8-7-14-5-3-4-6-15(14)9-16/h3-11,13,20,27H,12H2,1-2H3,(H,24,28)(H,25,26)/t20-/m1/s1. The third-order valence-electron chi connectivity index (χ3n) is 5.02. The number of nitrogens with one attached hydrogen (secondary N) is 2. The Hall–Kier alpha value is -3.25. The molecule has 28 heavy (non-hydrogen) atoms. The average Bonchev–Trinajstić information content (AvgIpc) is 3.14. The monoisotopic (exact) mass is 374 g/mol. The zero-order valence-electron chi connectivity index (χ0n) is 15.8. The molecule has 0 aliphatic heterocycles. The highest BCUT2D eigenvalue weighted by atomic mass is 16.3. The van der Waals surface area contributed by atoms with Crippen molar-refractivity contribution >= 4 is 27.6 Å². The smallest absolute Gasteiger partial charge is 0.270 e. The number of aromatic nitrogens is 3. The maximum atomic E-state index is 12.6. The van der Waals surface area contributed by atoms with Crippen LogP contribution in [0.15, 0.2) is 54.7 Å². The first-order chi connectivity index (χ1) is 13.6. The molecule has 0 aliphatic carbocycles. The third-order valence-corrected chi connectivity index (χ3v) is 5.02. The highest BCUT2D eigenvalue weighted by Crippen LogP contribution is 2.29. The predicted molar refractivity (Wildman–Crippen MR) is 110 cm³/mol. The molecule has 142 valence electrons. The average molecular weight is 374 g/mol. The van der Waals surface area contributed by atoms with Gasteiger partial charge in [0, 0.05) is 10.9 Å². The number of pyridine rings is 1. The lowest BCUT2D eigenvalue weighted by Gasteiger charge is -2.19. The molecule has 2 heterocycles. The molecule has 0 unspecified atom stereocenters. The van der Waals surface area contributed by atoms with Crippen molar-refractivity contribution in [1.29, 1.82) is 0 Å². The Kier molecular flexibility index (Phi) is 4.79. The third kappa shape index (κ3) is 3.34. The van der Waals surface area contributed by atoms with Crippen LogP contribution in [0.3, 0.4) is 0 Å². The number of carbonyl (C=O) groups excluding carboxylic acids is 1. The van der Waals surface area contributed by atoms with Crippen molar-refractivity contribution in [3.05, 3.63) is 60.4 Å². The Morgan fingerprint density at radius 1 is 1.14 bits per heavy atom. The summed E-state index contributed by atoms with van der Waals surface area (Å²) >= 11 is 0. The summed E-state index contributed by atoms with van der Waals surface area (Å²) in [6, 6.07) is 15.8. The van der Waals surface area contributed by atoms with Gasteiger partial charge in [0.05, 0.1) is 24.4 Å². The Morgan fingerprint density at radius 2 is 1.93 bits per heavy atom. The first-order valence-electron chi connectivity index (χ1n) is 9.32. The molecule has 2 aromatic carbocycles. The summed E-state index contributed by atoms with van der Waals surface area (Å²) < 4.78 is 0. The number of aliphatic hydroxyl groups excluding tert-OH is 1. The lowest BCUT2D eigenvalue weighted by molar-refractivity contribution is 0.0892. The van der Waals surface area contributed by atoms with Crippen molar-refractivity contribution in [2.24, 2.45) is 5.92 Å². The second-order valence-electron chi connectivity index (χ2n) is 7.26. The fourth-order valence-electron chi connectivity index (χ4n) is 3.26. The SMILES string of the molecule is CC(C)[C@@H](CO)NC(=O)c1cc2c(-c3ccc4ccccc4c3)n[nH]c2cn1. The van der Waals surface area contributed by atoms with Gasteiger partial charge >= 0.3 is 0 Å². The van der Waals surface area contributed by atoms with Crippen LogP contribution in [0.25, 0.3) is 32.9 Å². The first kappa shape index (κ1) is 18.1. The van der Waals surface area contributed by atoms with Crippen LogP contribution < -0.4 is 5.32 Å². The van der Waals surface area contributed by atoms with Crippen LogP contribution in [0.2, 0.25) is 0 Å². The number of carbonyl (C=O) groups is 1. The van der Waals surface area contributed by atoms with E-state index in [9.17, 15) is 9.90 Å². The highest BCUT2D eigenvalue weighted by Gasteiger charge is 2.18. The van der Waals surface area contributed by atoms with Crippen LogP contribution in [-0.4, -0.2) is 38.8 Å². The molecule has 0 spiro atoms. The van der Waals surface area contributed by atoms with E-state index in [1.54, 1.807) is 12.3 Å². The fourth-order valence-corrected chi connectivity index (χ4v) is 3.26. The zero-order chi connectivity index (χ0) is 19.7. The number of nitrogens with zero attached hydrogens (tertiary/aromatic N) is 2. The van der Waals surface area contributed by atoms with Crippen molar-refractivity contribution in [3.8, 4) is 11.3 Å². The molecule has 0 bridgehead atoms. The molecule has 4 aromatic rings. The number of aliphatic hydroxyl groups is 1. The van der Waals surface area contributed by atoms with Crippen LogP contribution in [-0.2, 0) is 0 Å². The summed E-state index contributed by atoms with van der Waals surface area (Å²) in [5.74, 6) is -0.180. The summed E-state index contributed by atoms with van der Waals surface area (Å²) in [7, 11) is 0. The molecule has 0 fully saturated rings. The molecule has 2 aromatic heterocycles. The molecule has 6 heteroatoms. The zero-order valence-corrected chi connectivity index (χ0v) is 15.8. The summed E-state index contributed by atoms with van der Waals surface area (Å²) in [5.41, 5.74) is 2.81. The second-order valence-corrected chi connectivity index (χ2v) is 7.26. The van der Waals surface area contributed by atoms with E-state index in [1.807, 2.05) is 32.0 Å². The van der Waals surface area contributed by atoms with E-state index in [1.165, 1.54) is 0 Å². The van der Waals surface area contributed by atoms with E-state index in [-0.39, 0.29) is 24.5 Å². The van der Waals surface area contributed by atoms with E-state index >= 15 is 0 Å². The van der Waals surface area contributed by atoms with Crippen molar-refractivity contribution < 1.29 is 9.90 Å². The summed E-state index contributed by atoms with van der Waals surface area (Å²) in [5, 5.41) is 22.9. The van der Waals surface area contributed by atoms with Crippen molar-refractivity contribution in [2.45, 2.75) is 19.9 Å². The van der Waals surface area contributed by atoms with Gasteiger partial charge in [0.25, 0.3) is 5.91 Å². The van der Waals surface area contributed by atoms with Gasteiger partial charge in [0.15, 0.2) is 0 Å². The minimum absolute atomic E-state index is 0.111. The summed E-state index contributed by atoms with van der Waals surface area (Å²) in [4.78, 5) is 16.8. The van der Waals surface area contributed by atoms with E-state index < -0.39 is 0 Å². The Balaban J connectivity index is 1.72. The molecular formula is C22H22N4O2. The maximum Gasteiger partial charge on any atom is 0.270 e. The van der Waals surface area contributed by atoms with Gasteiger partial charge in [0.1, 0.15) is 11.4 Å². The van der Waals surface area contributed by atoms with Crippen LogP contribution in [0.4, 0.5) is 0 Å². The maximum absolute atomic E-state index is 12.6. The molecule has 0 saturated heterocycles. The summed E-state index contributed by atoms with van der Waals surface area (Å²) in [6.45, 7) is 3.79. The van der Waals surface area contributed by atoms with Gasteiger partial charge in [0.2, 0.25) is 0 Å². The van der Waals surface area contributed by atoms with E-state index in [0.717, 1.165) is 32.9 Å². The van der Waals surface area contributed by atoms with Crippen LogP contribution in [0.1, 0.15) is 24.3 Å². The minimum atomic E-state index is -0.311. The highest BCUT2D eigenvalue weighted by molar-refractivity contribution is 6.00. The van der Waals surface area contributed by atoms with Crippen molar-refractivity contribution in [2.75, 3.05) is 6.61 Å². The predicted octanol–water partition coefficient (Wildman–Crippen LogP) is 3.52. The minimum Gasteiger partial charge on any atom is -0.394 e.